The number of hydrogen-bond donors (Lipinski definition) is 0. The van der Waals surface area contributed by atoms with Crippen molar-refractivity contribution in [2.24, 2.45) is 0 Å². The van der Waals surface area contributed by atoms with Crippen LogP contribution in [-0.4, -0.2) is 12.6 Å². The molecule has 0 heterocycles. The lowest BCUT2D eigenvalue weighted by molar-refractivity contribution is -0.137. The van der Waals surface area contributed by atoms with Gasteiger partial charge in [-0.1, -0.05) is 118 Å². The summed E-state index contributed by atoms with van der Waals surface area (Å²) in [5.41, 5.74) is 8.53. The lowest BCUT2D eigenvalue weighted by atomic mass is 9.74. The van der Waals surface area contributed by atoms with Gasteiger partial charge in [-0.05, 0) is 95.6 Å². The summed E-state index contributed by atoms with van der Waals surface area (Å²) in [4.78, 5) is 11.7. The zero-order valence-electron chi connectivity index (χ0n) is 25.2. The maximum atomic E-state index is 11.7. The largest absolute Gasteiger partial charge is 0.463 e. The van der Waals surface area contributed by atoms with Crippen molar-refractivity contribution >= 4 is 38.3 Å². The monoisotopic (exact) mass is 560 g/mol. The Bertz CT molecular complexity index is 2050. The Morgan fingerprint density at radius 2 is 1.44 bits per heavy atom. The summed E-state index contributed by atoms with van der Waals surface area (Å²) in [6.45, 7) is 15.1. The second kappa shape index (κ2) is 9.95. The number of fused-ring (bicyclic) bond motifs is 3. The van der Waals surface area contributed by atoms with E-state index in [-0.39, 0.29) is 16.8 Å². The minimum atomic E-state index is -0.384. The molecule has 6 aromatic carbocycles. The first-order chi connectivity index (χ1) is 20.7. The van der Waals surface area contributed by atoms with E-state index in [9.17, 15) is 4.79 Å². The Morgan fingerprint density at radius 3 is 2.19 bits per heavy atom. The molecule has 0 aliphatic heterocycles. The standard InChI is InChI=1S/C41H36O2/c1-6-37(42)43-22-10-21-41(7-2)35-12-9-8-11-32(35)33-19-16-27(25-36(33)41)31-18-15-26-13-14-28-23-30(40(3,4)5)24-29-17-20-34(31)39(26)38(28)29/h6-9,11-20,23-25H,1-2,10,21-22H2,3-5H3. The minimum absolute atomic E-state index is 0.0859. The number of allylic oxidation sites excluding steroid dienone is 1. The predicted molar refractivity (Wildman–Crippen MR) is 181 cm³/mol. The average Bonchev–Trinajstić information content (AvgIpc) is 3.30. The van der Waals surface area contributed by atoms with E-state index in [2.05, 4.69) is 131 Å². The molecule has 1 aliphatic rings. The van der Waals surface area contributed by atoms with Gasteiger partial charge in [-0.25, -0.2) is 4.79 Å². The summed E-state index contributed by atoms with van der Waals surface area (Å²) >= 11 is 0. The molecule has 1 atom stereocenters. The third-order valence-corrected chi connectivity index (χ3v) is 9.45. The van der Waals surface area contributed by atoms with Gasteiger partial charge in [0.15, 0.2) is 0 Å². The molecule has 0 fully saturated rings. The normalized spacial score (nSPS) is 16.0. The van der Waals surface area contributed by atoms with Crippen LogP contribution in [0.1, 0.15) is 50.3 Å². The SMILES string of the molecule is C=CC(=O)OCCCC1(C=C)c2ccccc2-c2ccc(-c3ccc4ccc5cc(C(C)(C)C)cc6ccc3c4c56)cc21. The molecule has 212 valence electrons. The Hall–Kier alpha value is -4.69. The van der Waals surface area contributed by atoms with E-state index in [4.69, 9.17) is 4.74 Å². The Morgan fingerprint density at radius 1 is 0.767 bits per heavy atom. The number of benzene rings is 6. The molecule has 0 saturated carbocycles. The summed E-state index contributed by atoms with van der Waals surface area (Å²) in [5.74, 6) is -0.384. The van der Waals surface area contributed by atoms with Crippen LogP contribution in [0.25, 0.3) is 54.6 Å². The molecule has 0 amide bonds. The van der Waals surface area contributed by atoms with E-state index < -0.39 is 0 Å². The summed E-state index contributed by atoms with van der Waals surface area (Å²) in [5, 5.41) is 7.80. The van der Waals surface area contributed by atoms with Gasteiger partial charge in [0.05, 0.1) is 6.61 Å². The second-order valence-corrected chi connectivity index (χ2v) is 12.9. The highest BCUT2D eigenvalue weighted by atomic mass is 16.5. The zero-order chi connectivity index (χ0) is 29.9. The molecule has 2 heteroatoms. The molecule has 0 spiro atoms. The highest BCUT2D eigenvalue weighted by Crippen LogP contribution is 2.53. The summed E-state index contributed by atoms with van der Waals surface area (Å²) in [7, 11) is 0. The van der Waals surface area contributed by atoms with Gasteiger partial charge in [0.2, 0.25) is 0 Å². The molecule has 1 aliphatic carbocycles. The predicted octanol–water partition coefficient (Wildman–Crippen LogP) is 10.5. The summed E-state index contributed by atoms with van der Waals surface area (Å²) in [6, 6.07) is 34.0. The van der Waals surface area contributed by atoms with E-state index in [0.717, 1.165) is 12.8 Å². The molecule has 0 aromatic heterocycles. The van der Waals surface area contributed by atoms with E-state index in [0.29, 0.717) is 6.61 Å². The van der Waals surface area contributed by atoms with Crippen molar-refractivity contribution in [1.82, 2.24) is 0 Å². The van der Waals surface area contributed by atoms with Crippen LogP contribution in [0.3, 0.4) is 0 Å². The number of rotatable bonds is 7. The summed E-state index contributed by atoms with van der Waals surface area (Å²) in [6.07, 6.45) is 4.82. The molecule has 0 saturated heterocycles. The van der Waals surface area contributed by atoms with Crippen molar-refractivity contribution < 1.29 is 9.53 Å². The lowest BCUT2D eigenvalue weighted by Crippen LogP contribution is -2.23. The smallest absolute Gasteiger partial charge is 0.330 e. The van der Waals surface area contributed by atoms with Gasteiger partial charge in [0, 0.05) is 11.5 Å². The van der Waals surface area contributed by atoms with Gasteiger partial charge in [0.25, 0.3) is 0 Å². The molecule has 2 nitrogen and oxygen atoms in total. The molecular formula is C41H36O2. The van der Waals surface area contributed by atoms with E-state index in [1.54, 1.807) is 0 Å². The molecule has 0 N–H and O–H groups in total. The zero-order valence-corrected chi connectivity index (χ0v) is 25.2. The van der Waals surface area contributed by atoms with Crippen LogP contribution in [0, 0.1) is 0 Å². The highest BCUT2D eigenvalue weighted by Gasteiger charge is 2.40. The fourth-order valence-corrected chi connectivity index (χ4v) is 7.25. The van der Waals surface area contributed by atoms with Crippen molar-refractivity contribution in [1.29, 1.82) is 0 Å². The number of carbonyl (C=O) groups excluding carboxylic acids is 1. The topological polar surface area (TPSA) is 26.3 Å². The van der Waals surface area contributed by atoms with Gasteiger partial charge in [-0.2, -0.15) is 0 Å². The maximum Gasteiger partial charge on any atom is 0.330 e. The minimum Gasteiger partial charge on any atom is -0.463 e. The molecule has 0 radical (unpaired) electrons. The van der Waals surface area contributed by atoms with Crippen LogP contribution in [0.2, 0.25) is 0 Å². The Labute approximate surface area is 253 Å². The average molecular weight is 561 g/mol. The number of esters is 1. The quantitative estimate of drug-likeness (QED) is 0.0638. The van der Waals surface area contributed by atoms with Gasteiger partial charge >= 0.3 is 5.97 Å². The third kappa shape index (κ3) is 4.19. The maximum absolute atomic E-state index is 11.7. The first kappa shape index (κ1) is 27.2. The molecule has 6 aromatic rings. The van der Waals surface area contributed by atoms with Crippen LogP contribution in [0.15, 0.2) is 116 Å². The Kier molecular flexibility index (Phi) is 6.29. The molecule has 43 heavy (non-hydrogen) atoms. The van der Waals surface area contributed by atoms with Crippen molar-refractivity contribution in [3.05, 3.63) is 133 Å². The van der Waals surface area contributed by atoms with Crippen LogP contribution < -0.4 is 0 Å². The number of hydrogen-bond acceptors (Lipinski definition) is 2. The summed E-state index contributed by atoms with van der Waals surface area (Å²) < 4.78 is 5.35. The van der Waals surface area contributed by atoms with Crippen LogP contribution in [-0.2, 0) is 20.4 Å². The van der Waals surface area contributed by atoms with Crippen molar-refractivity contribution in [3.63, 3.8) is 0 Å². The van der Waals surface area contributed by atoms with Gasteiger partial charge in [0.1, 0.15) is 0 Å². The van der Waals surface area contributed by atoms with Crippen molar-refractivity contribution in [3.8, 4) is 22.3 Å². The van der Waals surface area contributed by atoms with E-state index in [1.807, 2.05) is 0 Å². The second-order valence-electron chi connectivity index (χ2n) is 12.9. The van der Waals surface area contributed by atoms with Crippen molar-refractivity contribution in [2.75, 3.05) is 6.61 Å². The molecule has 1 unspecified atom stereocenters. The van der Waals surface area contributed by atoms with E-state index >= 15 is 0 Å². The molecule has 7 rings (SSSR count). The van der Waals surface area contributed by atoms with Crippen LogP contribution in [0.5, 0.6) is 0 Å². The molecule has 0 bridgehead atoms. The fourth-order valence-electron chi connectivity index (χ4n) is 7.25. The van der Waals surface area contributed by atoms with Gasteiger partial charge in [-0.3, -0.25) is 0 Å². The number of carbonyl (C=O) groups is 1. The number of ether oxygens (including phenoxy) is 1. The van der Waals surface area contributed by atoms with Crippen LogP contribution >= 0.6 is 0 Å². The Balaban J connectivity index is 1.38. The highest BCUT2D eigenvalue weighted by molar-refractivity contribution is 6.25. The first-order valence-electron chi connectivity index (χ1n) is 15.1. The first-order valence-corrected chi connectivity index (χ1v) is 15.1. The van der Waals surface area contributed by atoms with Crippen molar-refractivity contribution in [2.45, 2.75) is 44.4 Å². The third-order valence-electron chi connectivity index (χ3n) is 9.45. The van der Waals surface area contributed by atoms with E-state index in [1.165, 1.54) is 77.3 Å². The van der Waals surface area contributed by atoms with Gasteiger partial charge in [-0.15, -0.1) is 6.58 Å². The van der Waals surface area contributed by atoms with Gasteiger partial charge < -0.3 is 4.74 Å². The molecular weight excluding hydrogens is 524 g/mol. The van der Waals surface area contributed by atoms with Crippen LogP contribution in [0.4, 0.5) is 0 Å². The fraction of sp³-hybridized carbons (Fsp3) is 0.195. The lowest BCUT2D eigenvalue weighted by Gasteiger charge is -2.29.